The molecule has 1 aliphatic rings. The Hall–Kier alpha value is -1.89. The summed E-state index contributed by atoms with van der Waals surface area (Å²) in [6.07, 6.45) is -0.718. The maximum atomic E-state index is 12.4. The SMILES string of the molecule is CCn1nc(C)cc1C(=O)N1C[C@@H](O)C[C@H]1C(=O)O. The first-order chi connectivity index (χ1) is 8.93. The molecule has 2 atom stereocenters. The van der Waals surface area contributed by atoms with Gasteiger partial charge in [0.1, 0.15) is 11.7 Å². The summed E-state index contributed by atoms with van der Waals surface area (Å²) in [5.74, 6) is -1.49. The largest absolute Gasteiger partial charge is 0.480 e. The van der Waals surface area contributed by atoms with E-state index in [1.807, 2.05) is 6.92 Å². The molecule has 1 saturated heterocycles. The summed E-state index contributed by atoms with van der Waals surface area (Å²) in [4.78, 5) is 24.7. The number of aliphatic hydroxyl groups excluding tert-OH is 1. The van der Waals surface area contributed by atoms with Crippen LogP contribution in [0.25, 0.3) is 0 Å². The minimum atomic E-state index is -1.09. The molecule has 1 aromatic heterocycles. The summed E-state index contributed by atoms with van der Waals surface area (Å²) in [6.45, 7) is 4.21. The van der Waals surface area contributed by atoms with E-state index in [-0.39, 0.29) is 13.0 Å². The molecule has 1 fully saturated rings. The highest BCUT2D eigenvalue weighted by atomic mass is 16.4. The third-order valence-corrected chi connectivity index (χ3v) is 3.25. The van der Waals surface area contributed by atoms with Crippen LogP contribution in [0.4, 0.5) is 0 Å². The van der Waals surface area contributed by atoms with Gasteiger partial charge in [0.25, 0.3) is 5.91 Å². The van der Waals surface area contributed by atoms with Gasteiger partial charge in [-0.05, 0) is 19.9 Å². The van der Waals surface area contributed by atoms with Crippen molar-refractivity contribution in [3.63, 3.8) is 0 Å². The average molecular weight is 267 g/mol. The Kier molecular flexibility index (Phi) is 3.57. The molecule has 2 heterocycles. The number of aromatic nitrogens is 2. The van der Waals surface area contributed by atoms with Gasteiger partial charge in [-0.1, -0.05) is 0 Å². The van der Waals surface area contributed by atoms with Crippen molar-refractivity contribution in [2.75, 3.05) is 6.54 Å². The van der Waals surface area contributed by atoms with E-state index >= 15 is 0 Å². The van der Waals surface area contributed by atoms with Crippen LogP contribution in [0.3, 0.4) is 0 Å². The first-order valence-corrected chi connectivity index (χ1v) is 6.20. The smallest absolute Gasteiger partial charge is 0.326 e. The molecule has 0 aromatic carbocycles. The molecule has 19 heavy (non-hydrogen) atoms. The minimum absolute atomic E-state index is 0.0454. The second-order valence-electron chi connectivity index (χ2n) is 4.69. The minimum Gasteiger partial charge on any atom is -0.480 e. The van der Waals surface area contributed by atoms with Gasteiger partial charge in [0.05, 0.1) is 11.8 Å². The number of likely N-dealkylation sites (tertiary alicyclic amines) is 1. The summed E-state index contributed by atoms with van der Waals surface area (Å²) >= 11 is 0. The fourth-order valence-corrected chi connectivity index (χ4v) is 2.38. The number of aliphatic hydroxyl groups is 1. The summed E-state index contributed by atoms with van der Waals surface area (Å²) in [5, 5.41) is 22.8. The molecule has 0 bridgehead atoms. The van der Waals surface area contributed by atoms with Gasteiger partial charge < -0.3 is 15.1 Å². The third-order valence-electron chi connectivity index (χ3n) is 3.25. The summed E-state index contributed by atoms with van der Waals surface area (Å²) in [6, 6.07) is 0.665. The van der Waals surface area contributed by atoms with Crippen LogP contribution in [-0.4, -0.2) is 55.5 Å². The van der Waals surface area contributed by atoms with Crippen LogP contribution >= 0.6 is 0 Å². The van der Waals surface area contributed by atoms with E-state index in [9.17, 15) is 14.7 Å². The molecule has 7 nitrogen and oxygen atoms in total. The van der Waals surface area contributed by atoms with Crippen molar-refractivity contribution in [1.29, 1.82) is 0 Å². The number of aryl methyl sites for hydroxylation is 2. The molecule has 0 saturated carbocycles. The third kappa shape index (κ3) is 2.46. The van der Waals surface area contributed by atoms with Crippen molar-refractivity contribution >= 4 is 11.9 Å². The first-order valence-electron chi connectivity index (χ1n) is 6.20. The van der Waals surface area contributed by atoms with Gasteiger partial charge in [-0.15, -0.1) is 0 Å². The Morgan fingerprint density at radius 3 is 2.79 bits per heavy atom. The van der Waals surface area contributed by atoms with Gasteiger partial charge in [-0.25, -0.2) is 4.79 Å². The fraction of sp³-hybridized carbons (Fsp3) is 0.583. The number of carbonyl (C=O) groups excluding carboxylic acids is 1. The van der Waals surface area contributed by atoms with Gasteiger partial charge >= 0.3 is 5.97 Å². The second kappa shape index (κ2) is 5.00. The number of carbonyl (C=O) groups is 2. The van der Waals surface area contributed by atoms with E-state index in [4.69, 9.17) is 5.11 Å². The quantitative estimate of drug-likeness (QED) is 0.795. The Labute approximate surface area is 110 Å². The number of hydrogen-bond acceptors (Lipinski definition) is 4. The Morgan fingerprint density at radius 2 is 2.21 bits per heavy atom. The summed E-state index contributed by atoms with van der Waals surface area (Å²) < 4.78 is 1.54. The molecule has 0 aliphatic carbocycles. The van der Waals surface area contributed by atoms with Crippen LogP contribution in [0, 0.1) is 6.92 Å². The van der Waals surface area contributed by atoms with Crippen molar-refractivity contribution in [1.82, 2.24) is 14.7 Å². The van der Waals surface area contributed by atoms with E-state index in [1.54, 1.807) is 17.7 Å². The monoisotopic (exact) mass is 267 g/mol. The standard InChI is InChI=1S/C12H17N3O4/c1-3-15-9(4-7(2)13-15)11(17)14-6-8(16)5-10(14)12(18)19/h4,8,10,16H,3,5-6H2,1-2H3,(H,18,19)/t8-,10-/m0/s1. The lowest BCUT2D eigenvalue weighted by atomic mass is 10.2. The lowest BCUT2D eigenvalue weighted by Crippen LogP contribution is -2.41. The predicted molar refractivity (Wildman–Crippen MR) is 65.7 cm³/mol. The van der Waals surface area contributed by atoms with Crippen LogP contribution in [0.2, 0.25) is 0 Å². The van der Waals surface area contributed by atoms with Crippen LogP contribution < -0.4 is 0 Å². The number of aliphatic carboxylic acids is 1. The van der Waals surface area contributed by atoms with Gasteiger partial charge in [0.2, 0.25) is 0 Å². The average Bonchev–Trinajstić information content (AvgIpc) is 2.91. The maximum Gasteiger partial charge on any atom is 0.326 e. The van der Waals surface area contributed by atoms with E-state index in [1.165, 1.54) is 4.90 Å². The van der Waals surface area contributed by atoms with Crippen molar-refractivity contribution in [2.45, 2.75) is 39.0 Å². The Morgan fingerprint density at radius 1 is 1.53 bits per heavy atom. The lowest BCUT2D eigenvalue weighted by Gasteiger charge is -2.21. The zero-order valence-corrected chi connectivity index (χ0v) is 10.9. The molecule has 1 amide bonds. The van der Waals surface area contributed by atoms with Gasteiger partial charge in [-0.3, -0.25) is 9.48 Å². The van der Waals surface area contributed by atoms with E-state index in [0.717, 1.165) is 0 Å². The molecule has 0 radical (unpaired) electrons. The molecule has 1 aliphatic heterocycles. The van der Waals surface area contributed by atoms with Crippen LogP contribution in [-0.2, 0) is 11.3 Å². The number of nitrogens with zero attached hydrogens (tertiary/aromatic N) is 3. The first kappa shape index (κ1) is 13.5. The Bertz CT molecular complexity index is 511. The van der Waals surface area contributed by atoms with Crippen LogP contribution in [0.5, 0.6) is 0 Å². The van der Waals surface area contributed by atoms with E-state index in [0.29, 0.717) is 17.9 Å². The highest BCUT2D eigenvalue weighted by Crippen LogP contribution is 2.21. The molecular formula is C12H17N3O4. The van der Waals surface area contributed by atoms with Gasteiger partial charge in [0, 0.05) is 19.5 Å². The lowest BCUT2D eigenvalue weighted by molar-refractivity contribution is -0.141. The van der Waals surface area contributed by atoms with Gasteiger partial charge in [-0.2, -0.15) is 5.10 Å². The zero-order valence-electron chi connectivity index (χ0n) is 10.9. The van der Waals surface area contributed by atoms with E-state index in [2.05, 4.69) is 5.10 Å². The highest BCUT2D eigenvalue weighted by Gasteiger charge is 2.40. The second-order valence-corrected chi connectivity index (χ2v) is 4.69. The van der Waals surface area contributed by atoms with Crippen molar-refractivity contribution in [2.24, 2.45) is 0 Å². The Balaban J connectivity index is 2.30. The molecule has 2 N–H and O–H groups in total. The highest BCUT2D eigenvalue weighted by molar-refractivity contribution is 5.95. The molecule has 104 valence electrons. The van der Waals surface area contributed by atoms with Crippen LogP contribution in [0.1, 0.15) is 29.5 Å². The topological polar surface area (TPSA) is 95.7 Å². The molecular weight excluding hydrogens is 250 g/mol. The molecule has 1 aromatic rings. The van der Waals surface area contributed by atoms with Crippen molar-refractivity contribution < 1.29 is 19.8 Å². The van der Waals surface area contributed by atoms with Crippen molar-refractivity contribution in [3.05, 3.63) is 17.5 Å². The van der Waals surface area contributed by atoms with Crippen LogP contribution in [0.15, 0.2) is 6.07 Å². The number of β-amino-alcohol motifs (C(OH)–C–C–N with tert-alkyl or cyclic N) is 1. The normalized spacial score (nSPS) is 22.8. The number of carboxylic acid groups (broad SMARTS) is 1. The van der Waals surface area contributed by atoms with Crippen molar-refractivity contribution in [3.8, 4) is 0 Å². The zero-order chi connectivity index (χ0) is 14.2. The molecule has 7 heteroatoms. The summed E-state index contributed by atoms with van der Waals surface area (Å²) in [7, 11) is 0. The number of amides is 1. The number of carboxylic acids is 1. The molecule has 0 unspecified atom stereocenters. The molecule has 2 rings (SSSR count). The predicted octanol–water partition coefficient (Wildman–Crippen LogP) is -0.129. The number of hydrogen-bond donors (Lipinski definition) is 2. The summed E-state index contributed by atoms with van der Waals surface area (Å²) in [5.41, 5.74) is 1.07. The number of rotatable bonds is 3. The van der Waals surface area contributed by atoms with E-state index < -0.39 is 24.0 Å². The van der Waals surface area contributed by atoms with Gasteiger partial charge in [0.15, 0.2) is 0 Å². The fourth-order valence-electron chi connectivity index (χ4n) is 2.38. The molecule has 0 spiro atoms. The maximum absolute atomic E-state index is 12.4.